The second-order valence-corrected chi connectivity index (χ2v) is 10.0. The molecule has 0 saturated heterocycles. The molecule has 0 bridgehead atoms. The third-order valence-corrected chi connectivity index (χ3v) is 8.92. The molecule has 0 spiro atoms. The Morgan fingerprint density at radius 2 is 2.07 bits per heavy atom. The van der Waals surface area contributed by atoms with E-state index in [9.17, 15) is 9.59 Å². The van der Waals surface area contributed by atoms with Crippen molar-refractivity contribution in [1.82, 2.24) is 25.9 Å². The molecule has 3 N–H and O–H groups in total. The number of nitrogens with one attached hydrogen (secondary N) is 3. The molecule has 0 aromatic carbocycles. The van der Waals surface area contributed by atoms with Crippen molar-refractivity contribution < 1.29 is 9.59 Å². The van der Waals surface area contributed by atoms with E-state index in [1.54, 1.807) is 6.08 Å². The maximum atomic E-state index is 12.6. The smallest absolute Gasteiger partial charge is 0.246 e. The monoisotopic (exact) mass is 398 g/mol. The molecule has 1 aromatic rings. The normalized spacial score (nSPS) is 43.1. The fraction of sp³-hybridized carbons (Fsp3) is 0.762. The quantitative estimate of drug-likeness (QED) is 0.724. The highest BCUT2D eigenvalue weighted by Gasteiger charge is 2.59. The second kappa shape index (κ2) is 6.64. The summed E-state index contributed by atoms with van der Waals surface area (Å²) in [7, 11) is 0. The second-order valence-electron chi connectivity index (χ2n) is 10.0. The zero-order chi connectivity index (χ0) is 20.2. The highest BCUT2D eigenvalue weighted by Crippen LogP contribution is 2.65. The molecular formula is C21H30N6O2. The van der Waals surface area contributed by atoms with Crippen LogP contribution in [0.5, 0.6) is 0 Å². The molecule has 2 heterocycles. The molecule has 5 rings (SSSR count). The van der Waals surface area contributed by atoms with Crippen LogP contribution in [0.3, 0.4) is 0 Å². The summed E-state index contributed by atoms with van der Waals surface area (Å²) in [5.74, 6) is 2.72. The van der Waals surface area contributed by atoms with E-state index in [-0.39, 0.29) is 28.7 Å². The van der Waals surface area contributed by atoms with Gasteiger partial charge in [-0.2, -0.15) is 0 Å². The maximum absolute atomic E-state index is 12.6. The number of tetrazole rings is 1. The van der Waals surface area contributed by atoms with Crippen molar-refractivity contribution in [3.8, 4) is 0 Å². The molecule has 8 nitrogen and oxygen atoms in total. The minimum absolute atomic E-state index is 0.00820. The Morgan fingerprint density at radius 1 is 1.21 bits per heavy atom. The summed E-state index contributed by atoms with van der Waals surface area (Å²) >= 11 is 0. The first-order chi connectivity index (χ1) is 13.9. The van der Waals surface area contributed by atoms with Gasteiger partial charge in [0, 0.05) is 17.9 Å². The summed E-state index contributed by atoms with van der Waals surface area (Å²) in [5.41, 5.74) is 0.274. The standard InChI is InChI=1S/C21H30N6O2/c1-20-9-7-15-13(4-6-16-21(15,2)10-8-17(28)22-16)14(20)5-3-12(20)11-18(29)23-19-24-26-27-25-19/h8,10,12-16H,3-7,9,11H2,1-2H3,(H,22,28)(H2,23,24,25,26,27,29)/t12-,13+,14+,15+,16-,20-,21-/m1/s1. The SMILES string of the molecule is C[C@]12C=CC(=O)N[C@@H]1CC[C@@H]1[C@@H]2CC[C@]2(C)[C@@H](CC(=O)Nc3nnn[nH]3)CC[C@@H]12. The van der Waals surface area contributed by atoms with Gasteiger partial charge in [0.15, 0.2) is 0 Å². The molecule has 156 valence electrons. The number of carbonyl (C=O) groups is 2. The summed E-state index contributed by atoms with van der Waals surface area (Å²) in [5, 5.41) is 19.4. The fourth-order valence-corrected chi connectivity index (χ4v) is 7.40. The number of hydrogen-bond donors (Lipinski definition) is 3. The predicted octanol–water partition coefficient (Wildman–Crippen LogP) is 2.44. The Kier molecular flexibility index (Phi) is 4.29. The van der Waals surface area contributed by atoms with Gasteiger partial charge >= 0.3 is 0 Å². The number of aromatic nitrogens is 4. The Bertz CT molecular complexity index is 838. The van der Waals surface area contributed by atoms with Crippen molar-refractivity contribution >= 4 is 17.8 Å². The summed E-state index contributed by atoms with van der Waals surface area (Å²) in [6.07, 6.45) is 11.4. The highest BCUT2D eigenvalue weighted by atomic mass is 16.2. The van der Waals surface area contributed by atoms with Crippen LogP contribution in [-0.4, -0.2) is 38.5 Å². The van der Waals surface area contributed by atoms with Crippen LogP contribution in [0.1, 0.15) is 58.8 Å². The summed E-state index contributed by atoms with van der Waals surface area (Å²) < 4.78 is 0. The number of nitrogens with zero attached hydrogens (tertiary/aromatic N) is 3. The van der Waals surface area contributed by atoms with Gasteiger partial charge in [-0.25, -0.2) is 5.10 Å². The van der Waals surface area contributed by atoms with Gasteiger partial charge in [0.25, 0.3) is 0 Å². The minimum Gasteiger partial charge on any atom is -0.349 e. The number of fused-ring (bicyclic) bond motifs is 5. The topological polar surface area (TPSA) is 113 Å². The van der Waals surface area contributed by atoms with Gasteiger partial charge in [0.05, 0.1) is 0 Å². The van der Waals surface area contributed by atoms with Gasteiger partial charge in [0.2, 0.25) is 17.8 Å². The Hall–Kier alpha value is -2.25. The van der Waals surface area contributed by atoms with E-state index in [0.29, 0.717) is 36.0 Å². The van der Waals surface area contributed by atoms with Crippen molar-refractivity contribution in [2.24, 2.45) is 34.5 Å². The fourth-order valence-electron chi connectivity index (χ4n) is 7.40. The molecule has 0 unspecified atom stereocenters. The van der Waals surface area contributed by atoms with Crippen molar-refractivity contribution in [3.05, 3.63) is 12.2 Å². The zero-order valence-electron chi connectivity index (χ0n) is 17.1. The van der Waals surface area contributed by atoms with E-state index in [0.717, 1.165) is 19.3 Å². The van der Waals surface area contributed by atoms with Crippen LogP contribution in [-0.2, 0) is 9.59 Å². The van der Waals surface area contributed by atoms with E-state index in [1.165, 1.54) is 19.3 Å². The third kappa shape index (κ3) is 2.90. The molecule has 0 radical (unpaired) electrons. The number of anilines is 1. The van der Waals surface area contributed by atoms with Crippen LogP contribution in [0.15, 0.2) is 12.2 Å². The molecule has 4 aliphatic rings. The average Bonchev–Trinajstić information content (AvgIpc) is 3.30. The number of hydrogen-bond acceptors (Lipinski definition) is 5. The summed E-state index contributed by atoms with van der Waals surface area (Å²) in [6.45, 7) is 4.76. The predicted molar refractivity (Wildman–Crippen MR) is 106 cm³/mol. The zero-order valence-corrected chi connectivity index (χ0v) is 17.1. The number of aromatic amines is 1. The Balaban J connectivity index is 1.32. The van der Waals surface area contributed by atoms with Gasteiger partial charge < -0.3 is 5.32 Å². The molecule has 8 heteroatoms. The lowest BCUT2D eigenvalue weighted by molar-refractivity contribution is -0.123. The van der Waals surface area contributed by atoms with E-state index >= 15 is 0 Å². The Morgan fingerprint density at radius 3 is 2.86 bits per heavy atom. The third-order valence-electron chi connectivity index (χ3n) is 8.92. The molecule has 1 aliphatic heterocycles. The minimum atomic E-state index is -0.00820. The number of rotatable bonds is 3. The lowest BCUT2D eigenvalue weighted by Crippen LogP contribution is -2.59. The van der Waals surface area contributed by atoms with Crippen molar-refractivity contribution in [3.63, 3.8) is 0 Å². The van der Waals surface area contributed by atoms with Crippen LogP contribution in [0.4, 0.5) is 5.95 Å². The molecule has 3 aliphatic carbocycles. The van der Waals surface area contributed by atoms with E-state index in [1.807, 2.05) is 0 Å². The van der Waals surface area contributed by atoms with Gasteiger partial charge in [-0.1, -0.05) is 25.0 Å². The first kappa shape index (κ1) is 18.8. The maximum Gasteiger partial charge on any atom is 0.246 e. The number of H-pyrrole nitrogens is 1. The molecule has 3 fully saturated rings. The first-order valence-electron chi connectivity index (χ1n) is 10.9. The molecule has 7 atom stereocenters. The lowest BCUT2D eigenvalue weighted by Gasteiger charge is -2.59. The van der Waals surface area contributed by atoms with Gasteiger partial charge in [0.1, 0.15) is 0 Å². The molecular weight excluding hydrogens is 368 g/mol. The lowest BCUT2D eigenvalue weighted by atomic mass is 9.48. The van der Waals surface area contributed by atoms with Crippen molar-refractivity contribution in [2.75, 3.05) is 5.32 Å². The van der Waals surface area contributed by atoms with Gasteiger partial charge in [-0.15, -0.1) is 0 Å². The Labute approximate surface area is 170 Å². The van der Waals surface area contributed by atoms with E-state index in [4.69, 9.17) is 0 Å². The van der Waals surface area contributed by atoms with Crippen LogP contribution in [0, 0.1) is 34.5 Å². The average molecular weight is 399 g/mol. The molecule has 3 saturated carbocycles. The van der Waals surface area contributed by atoms with Crippen molar-refractivity contribution in [1.29, 1.82) is 0 Å². The summed E-state index contributed by atoms with van der Waals surface area (Å²) in [6, 6.07) is 0.268. The molecule has 2 amide bonds. The van der Waals surface area contributed by atoms with Gasteiger partial charge in [-0.05, 0) is 84.1 Å². The number of carbonyl (C=O) groups excluding carboxylic acids is 2. The van der Waals surface area contributed by atoms with Crippen LogP contribution >= 0.6 is 0 Å². The van der Waals surface area contributed by atoms with Crippen LogP contribution in [0.25, 0.3) is 0 Å². The highest BCUT2D eigenvalue weighted by molar-refractivity contribution is 5.89. The summed E-state index contributed by atoms with van der Waals surface area (Å²) in [4.78, 5) is 24.4. The molecule has 1 aromatic heterocycles. The van der Waals surface area contributed by atoms with Crippen LogP contribution in [0.2, 0.25) is 0 Å². The first-order valence-corrected chi connectivity index (χ1v) is 10.9. The van der Waals surface area contributed by atoms with Crippen LogP contribution < -0.4 is 10.6 Å². The molecule has 29 heavy (non-hydrogen) atoms. The van der Waals surface area contributed by atoms with Crippen molar-refractivity contribution in [2.45, 2.75) is 64.8 Å². The van der Waals surface area contributed by atoms with E-state index < -0.39 is 0 Å². The van der Waals surface area contributed by atoms with E-state index in [2.05, 4.69) is 51.2 Å². The van der Waals surface area contributed by atoms with Gasteiger partial charge in [-0.3, -0.25) is 14.9 Å². The largest absolute Gasteiger partial charge is 0.349 e. The number of amides is 2.